The van der Waals surface area contributed by atoms with Crippen molar-refractivity contribution in [1.82, 2.24) is 0 Å². The highest BCUT2D eigenvalue weighted by Gasteiger charge is 2.09. The first-order valence-corrected chi connectivity index (χ1v) is 6.31. The van der Waals surface area contributed by atoms with E-state index in [0.29, 0.717) is 17.8 Å². The number of hydrogen-bond acceptors (Lipinski definition) is 2. The standard InChI is InChI=1S/C15H9BrO2/c16-14-7-6-13(11-3-1-2-4-12(11)14)15-8-5-10(9-17)18-15/h1-9H. The van der Waals surface area contributed by atoms with Crippen LogP contribution in [-0.2, 0) is 0 Å². The van der Waals surface area contributed by atoms with Crippen LogP contribution < -0.4 is 0 Å². The summed E-state index contributed by atoms with van der Waals surface area (Å²) >= 11 is 3.54. The number of carbonyl (C=O) groups is 1. The fourth-order valence-electron chi connectivity index (χ4n) is 2.04. The SMILES string of the molecule is O=Cc1ccc(-c2ccc(Br)c3ccccc23)o1. The number of aldehydes is 1. The van der Waals surface area contributed by atoms with Crippen LogP contribution in [-0.4, -0.2) is 6.29 Å². The minimum absolute atomic E-state index is 0.344. The third-order valence-corrected chi connectivity index (χ3v) is 3.57. The van der Waals surface area contributed by atoms with Crippen LogP contribution in [0.15, 0.2) is 57.4 Å². The molecule has 3 rings (SSSR count). The quantitative estimate of drug-likeness (QED) is 0.644. The van der Waals surface area contributed by atoms with Gasteiger partial charge in [0.2, 0.25) is 0 Å². The van der Waals surface area contributed by atoms with Crippen LogP contribution in [0.25, 0.3) is 22.1 Å². The second-order valence-electron chi connectivity index (χ2n) is 3.96. The van der Waals surface area contributed by atoms with Crippen LogP contribution in [0.4, 0.5) is 0 Å². The normalized spacial score (nSPS) is 10.7. The first-order chi connectivity index (χ1) is 8.79. The Morgan fingerprint density at radius 3 is 2.44 bits per heavy atom. The molecule has 0 aliphatic rings. The van der Waals surface area contributed by atoms with E-state index in [-0.39, 0.29) is 0 Å². The summed E-state index contributed by atoms with van der Waals surface area (Å²) in [5.74, 6) is 1.05. The van der Waals surface area contributed by atoms with Gasteiger partial charge in [-0.05, 0) is 35.0 Å². The maximum absolute atomic E-state index is 10.7. The maximum atomic E-state index is 10.7. The van der Waals surface area contributed by atoms with Crippen molar-refractivity contribution >= 4 is 33.0 Å². The van der Waals surface area contributed by atoms with Crippen molar-refractivity contribution in [2.24, 2.45) is 0 Å². The van der Waals surface area contributed by atoms with Gasteiger partial charge in [0.15, 0.2) is 12.0 Å². The number of fused-ring (bicyclic) bond motifs is 1. The summed E-state index contributed by atoms with van der Waals surface area (Å²) in [5, 5.41) is 2.22. The van der Waals surface area contributed by atoms with Gasteiger partial charge in [-0.15, -0.1) is 0 Å². The zero-order valence-corrected chi connectivity index (χ0v) is 11.0. The number of furan rings is 1. The molecule has 1 aromatic heterocycles. The van der Waals surface area contributed by atoms with Gasteiger partial charge >= 0.3 is 0 Å². The van der Waals surface area contributed by atoms with E-state index >= 15 is 0 Å². The first-order valence-electron chi connectivity index (χ1n) is 5.52. The average Bonchev–Trinajstić information content (AvgIpc) is 2.88. The van der Waals surface area contributed by atoms with Crippen molar-refractivity contribution in [2.75, 3.05) is 0 Å². The van der Waals surface area contributed by atoms with Gasteiger partial charge in [0.1, 0.15) is 5.76 Å². The third-order valence-electron chi connectivity index (χ3n) is 2.88. The number of halogens is 1. The van der Waals surface area contributed by atoms with Crippen molar-refractivity contribution < 1.29 is 9.21 Å². The molecule has 0 amide bonds. The molecule has 0 aliphatic carbocycles. The molecule has 1 heterocycles. The Bertz CT molecular complexity index is 728. The minimum Gasteiger partial charge on any atom is -0.453 e. The molecule has 0 saturated carbocycles. The van der Waals surface area contributed by atoms with Crippen LogP contribution in [0.5, 0.6) is 0 Å². The molecule has 18 heavy (non-hydrogen) atoms. The lowest BCUT2D eigenvalue weighted by atomic mass is 10.0. The molecule has 0 spiro atoms. The van der Waals surface area contributed by atoms with E-state index in [1.807, 2.05) is 42.5 Å². The van der Waals surface area contributed by atoms with Gasteiger partial charge in [0.25, 0.3) is 0 Å². The van der Waals surface area contributed by atoms with Crippen LogP contribution in [0.2, 0.25) is 0 Å². The lowest BCUT2D eigenvalue weighted by Gasteiger charge is -2.05. The van der Waals surface area contributed by atoms with E-state index in [1.165, 1.54) is 0 Å². The van der Waals surface area contributed by atoms with Crippen molar-refractivity contribution in [3.63, 3.8) is 0 Å². The largest absolute Gasteiger partial charge is 0.453 e. The van der Waals surface area contributed by atoms with Gasteiger partial charge in [0.05, 0.1) is 0 Å². The summed E-state index contributed by atoms with van der Waals surface area (Å²) in [4.78, 5) is 10.7. The molecule has 0 aliphatic heterocycles. The van der Waals surface area contributed by atoms with Crippen LogP contribution in [0.3, 0.4) is 0 Å². The summed E-state index contributed by atoms with van der Waals surface area (Å²) < 4.78 is 6.53. The second kappa shape index (κ2) is 4.42. The Balaban J connectivity index is 2.29. The van der Waals surface area contributed by atoms with Crippen molar-refractivity contribution in [1.29, 1.82) is 0 Å². The average molecular weight is 301 g/mol. The summed E-state index contributed by atoms with van der Waals surface area (Å²) in [6.45, 7) is 0. The number of rotatable bonds is 2. The van der Waals surface area contributed by atoms with Crippen molar-refractivity contribution in [3.8, 4) is 11.3 Å². The van der Waals surface area contributed by atoms with Crippen molar-refractivity contribution in [3.05, 3.63) is 58.8 Å². The summed E-state index contributed by atoms with van der Waals surface area (Å²) in [6.07, 6.45) is 0.713. The van der Waals surface area contributed by atoms with Crippen LogP contribution in [0.1, 0.15) is 10.6 Å². The van der Waals surface area contributed by atoms with Gasteiger partial charge in [0, 0.05) is 10.0 Å². The summed E-state index contributed by atoms with van der Waals surface area (Å²) in [7, 11) is 0. The van der Waals surface area contributed by atoms with Gasteiger partial charge < -0.3 is 4.42 Å². The first kappa shape index (κ1) is 11.2. The van der Waals surface area contributed by atoms with E-state index in [0.717, 1.165) is 20.8 Å². The highest BCUT2D eigenvalue weighted by Crippen LogP contribution is 2.33. The minimum atomic E-state index is 0.344. The molecule has 0 radical (unpaired) electrons. The Labute approximate surface area is 112 Å². The molecule has 3 heteroatoms. The Kier molecular flexibility index (Phi) is 2.76. The Morgan fingerprint density at radius 2 is 1.72 bits per heavy atom. The monoisotopic (exact) mass is 300 g/mol. The van der Waals surface area contributed by atoms with E-state index in [9.17, 15) is 4.79 Å². The lowest BCUT2D eigenvalue weighted by Crippen LogP contribution is -1.80. The van der Waals surface area contributed by atoms with E-state index in [4.69, 9.17) is 4.42 Å². The topological polar surface area (TPSA) is 30.2 Å². The number of benzene rings is 2. The second-order valence-corrected chi connectivity index (χ2v) is 4.81. The molecule has 2 nitrogen and oxygen atoms in total. The molecule has 0 saturated heterocycles. The molecule has 0 unspecified atom stereocenters. The molecule has 0 bridgehead atoms. The van der Waals surface area contributed by atoms with Gasteiger partial charge in [-0.25, -0.2) is 0 Å². The highest BCUT2D eigenvalue weighted by molar-refractivity contribution is 9.10. The fraction of sp³-hybridized carbons (Fsp3) is 0. The zero-order valence-electron chi connectivity index (χ0n) is 9.39. The smallest absolute Gasteiger partial charge is 0.185 e. The van der Waals surface area contributed by atoms with Crippen molar-refractivity contribution in [2.45, 2.75) is 0 Å². The fourth-order valence-corrected chi connectivity index (χ4v) is 2.52. The predicted octanol–water partition coefficient (Wildman–Crippen LogP) is 4.67. The predicted molar refractivity (Wildman–Crippen MR) is 74.7 cm³/mol. The van der Waals surface area contributed by atoms with E-state index < -0.39 is 0 Å². The van der Waals surface area contributed by atoms with E-state index in [2.05, 4.69) is 15.9 Å². The highest BCUT2D eigenvalue weighted by atomic mass is 79.9. The molecular formula is C15H9BrO2. The Hall–Kier alpha value is -1.87. The third kappa shape index (κ3) is 1.77. The number of hydrogen-bond donors (Lipinski definition) is 0. The number of carbonyl (C=O) groups excluding carboxylic acids is 1. The molecule has 88 valence electrons. The van der Waals surface area contributed by atoms with Gasteiger partial charge in [-0.2, -0.15) is 0 Å². The lowest BCUT2D eigenvalue weighted by molar-refractivity contribution is 0.110. The van der Waals surface area contributed by atoms with Crippen LogP contribution >= 0.6 is 15.9 Å². The molecule has 0 fully saturated rings. The molecule has 2 aromatic carbocycles. The summed E-state index contributed by atoms with van der Waals surface area (Å²) in [5.41, 5.74) is 0.988. The Morgan fingerprint density at radius 1 is 0.944 bits per heavy atom. The van der Waals surface area contributed by atoms with E-state index in [1.54, 1.807) is 6.07 Å². The molecule has 0 atom stereocenters. The van der Waals surface area contributed by atoms with Crippen LogP contribution in [0, 0.1) is 0 Å². The molecular weight excluding hydrogens is 292 g/mol. The maximum Gasteiger partial charge on any atom is 0.185 e. The zero-order chi connectivity index (χ0) is 12.5. The van der Waals surface area contributed by atoms with Gasteiger partial charge in [-0.3, -0.25) is 4.79 Å². The molecule has 0 N–H and O–H groups in total. The summed E-state index contributed by atoms with van der Waals surface area (Å²) in [6, 6.07) is 15.5. The molecule has 3 aromatic rings. The van der Waals surface area contributed by atoms with Gasteiger partial charge in [-0.1, -0.05) is 40.2 Å².